The number of amides is 1. The predicted molar refractivity (Wildman–Crippen MR) is 69.4 cm³/mol. The maximum Gasteiger partial charge on any atom is 0.243 e. The molecule has 4 nitrogen and oxygen atoms in total. The van der Waals surface area contributed by atoms with Crippen LogP contribution in [-0.2, 0) is 9.59 Å². The number of carbonyl (C=O) groups is 2. The first-order valence-corrected chi connectivity index (χ1v) is 5.97. The fraction of sp³-hybridized carbons (Fsp3) is 0.429. The van der Waals surface area contributed by atoms with E-state index in [1.54, 1.807) is 13.0 Å². The van der Waals surface area contributed by atoms with Gasteiger partial charge < -0.3 is 11.1 Å². The molecule has 2 rings (SSSR count). The van der Waals surface area contributed by atoms with Crippen molar-refractivity contribution in [3.63, 3.8) is 0 Å². The molecule has 1 amide bonds. The van der Waals surface area contributed by atoms with Crippen LogP contribution in [0.2, 0.25) is 0 Å². The Morgan fingerprint density at radius 1 is 1.50 bits per heavy atom. The largest absolute Gasteiger partial charge is 0.382 e. The van der Waals surface area contributed by atoms with Gasteiger partial charge in [-0.2, -0.15) is 0 Å². The van der Waals surface area contributed by atoms with Gasteiger partial charge >= 0.3 is 0 Å². The molecule has 0 unspecified atom stereocenters. The van der Waals surface area contributed by atoms with E-state index in [9.17, 15) is 9.59 Å². The second-order valence-electron chi connectivity index (χ2n) is 5.71. The van der Waals surface area contributed by atoms with E-state index in [1.807, 2.05) is 12.2 Å². The number of ketones is 1. The van der Waals surface area contributed by atoms with Gasteiger partial charge in [-0.3, -0.25) is 9.59 Å². The van der Waals surface area contributed by atoms with Crippen molar-refractivity contribution in [3.05, 3.63) is 35.6 Å². The van der Waals surface area contributed by atoms with Gasteiger partial charge in [0.2, 0.25) is 5.91 Å². The van der Waals surface area contributed by atoms with Crippen LogP contribution in [0.5, 0.6) is 0 Å². The molecule has 3 N–H and O–H groups in total. The van der Waals surface area contributed by atoms with Gasteiger partial charge in [0.1, 0.15) is 0 Å². The van der Waals surface area contributed by atoms with E-state index in [4.69, 9.17) is 5.73 Å². The highest BCUT2D eigenvalue weighted by Crippen LogP contribution is 2.46. The summed E-state index contributed by atoms with van der Waals surface area (Å²) >= 11 is 0. The Balaban J connectivity index is 2.51. The number of hydrogen-bond acceptors (Lipinski definition) is 3. The summed E-state index contributed by atoms with van der Waals surface area (Å²) in [6.45, 7) is 5.91. The standard InChI is InChI=1S/C14H18N2O2/c1-9-7-14(5-4-10(9)17)8-13(2,3)16-11(14)6-12(15)18/h4-7,16H,8H2,1-3H3,(H2,15,18)/b11-6+/t14-/m0/s1. The number of allylic oxidation sites excluding steroid dienone is 3. The van der Waals surface area contributed by atoms with Crippen LogP contribution in [0.15, 0.2) is 35.6 Å². The van der Waals surface area contributed by atoms with E-state index < -0.39 is 11.3 Å². The maximum absolute atomic E-state index is 11.5. The van der Waals surface area contributed by atoms with Crippen LogP contribution in [0.25, 0.3) is 0 Å². The molecule has 1 aliphatic carbocycles. The van der Waals surface area contributed by atoms with Crippen LogP contribution in [-0.4, -0.2) is 17.2 Å². The summed E-state index contributed by atoms with van der Waals surface area (Å²) in [6, 6.07) is 0. The van der Waals surface area contributed by atoms with E-state index in [-0.39, 0.29) is 11.3 Å². The van der Waals surface area contributed by atoms with Crippen LogP contribution in [0, 0.1) is 5.41 Å². The van der Waals surface area contributed by atoms with E-state index >= 15 is 0 Å². The van der Waals surface area contributed by atoms with Crippen LogP contribution in [0.4, 0.5) is 0 Å². The predicted octanol–water partition coefficient (Wildman–Crippen LogP) is 1.20. The summed E-state index contributed by atoms with van der Waals surface area (Å²) < 4.78 is 0. The number of carbonyl (C=O) groups excluding carboxylic acids is 2. The van der Waals surface area contributed by atoms with Crippen molar-refractivity contribution in [1.82, 2.24) is 5.32 Å². The summed E-state index contributed by atoms with van der Waals surface area (Å²) in [4.78, 5) is 22.7. The number of rotatable bonds is 1. The van der Waals surface area contributed by atoms with Gasteiger partial charge in [0.05, 0.1) is 0 Å². The number of nitrogens with two attached hydrogens (primary N) is 1. The van der Waals surface area contributed by atoms with Crippen LogP contribution in [0.1, 0.15) is 27.2 Å². The third kappa shape index (κ3) is 2.10. The average Bonchev–Trinajstić information content (AvgIpc) is 2.43. The molecular formula is C14H18N2O2. The molecule has 0 saturated carbocycles. The van der Waals surface area contributed by atoms with E-state index in [2.05, 4.69) is 19.2 Å². The molecule has 0 aromatic heterocycles. The second-order valence-corrected chi connectivity index (χ2v) is 5.71. The van der Waals surface area contributed by atoms with E-state index in [0.717, 1.165) is 12.1 Å². The van der Waals surface area contributed by atoms with Gasteiger partial charge in [-0.25, -0.2) is 0 Å². The molecular weight excluding hydrogens is 228 g/mol. The van der Waals surface area contributed by atoms with Gasteiger partial charge in [-0.1, -0.05) is 12.2 Å². The lowest BCUT2D eigenvalue weighted by molar-refractivity contribution is -0.113. The van der Waals surface area contributed by atoms with Crippen molar-refractivity contribution in [2.75, 3.05) is 0 Å². The van der Waals surface area contributed by atoms with Gasteiger partial charge in [0.15, 0.2) is 5.78 Å². The first kappa shape index (κ1) is 12.6. The Morgan fingerprint density at radius 3 is 2.72 bits per heavy atom. The summed E-state index contributed by atoms with van der Waals surface area (Å²) in [5.41, 5.74) is 6.17. The zero-order valence-electron chi connectivity index (χ0n) is 10.9. The minimum absolute atomic E-state index is 0.0174. The minimum Gasteiger partial charge on any atom is -0.382 e. The molecule has 0 aromatic rings. The zero-order chi connectivity index (χ0) is 13.6. The third-order valence-corrected chi connectivity index (χ3v) is 3.39. The molecule has 96 valence electrons. The van der Waals surface area contributed by atoms with E-state index in [1.165, 1.54) is 6.08 Å². The Labute approximate surface area is 107 Å². The highest BCUT2D eigenvalue weighted by Gasteiger charge is 2.45. The van der Waals surface area contributed by atoms with Crippen molar-refractivity contribution in [3.8, 4) is 0 Å². The molecule has 0 aromatic carbocycles. The lowest BCUT2D eigenvalue weighted by atomic mass is 9.75. The Morgan fingerprint density at radius 2 is 2.17 bits per heavy atom. The lowest BCUT2D eigenvalue weighted by Crippen LogP contribution is -2.31. The molecule has 18 heavy (non-hydrogen) atoms. The zero-order valence-corrected chi connectivity index (χ0v) is 10.9. The van der Waals surface area contributed by atoms with Crippen molar-refractivity contribution in [2.45, 2.75) is 32.7 Å². The fourth-order valence-corrected chi connectivity index (χ4v) is 2.80. The third-order valence-electron chi connectivity index (χ3n) is 3.39. The second kappa shape index (κ2) is 3.83. The van der Waals surface area contributed by atoms with Crippen molar-refractivity contribution >= 4 is 11.7 Å². The average molecular weight is 246 g/mol. The molecule has 1 atom stereocenters. The SMILES string of the molecule is CC1=C[C@@]2(C=CC1=O)CC(C)(C)N/C2=C/C(N)=O. The van der Waals surface area contributed by atoms with Crippen LogP contribution in [0.3, 0.4) is 0 Å². The Hall–Kier alpha value is -1.84. The van der Waals surface area contributed by atoms with E-state index in [0.29, 0.717) is 5.57 Å². The molecule has 2 aliphatic rings. The first-order valence-electron chi connectivity index (χ1n) is 5.97. The summed E-state index contributed by atoms with van der Waals surface area (Å²) in [6.07, 6.45) is 7.57. The molecule has 1 spiro atoms. The Kier molecular flexibility index (Phi) is 2.69. The van der Waals surface area contributed by atoms with Crippen LogP contribution < -0.4 is 11.1 Å². The monoisotopic (exact) mass is 246 g/mol. The highest BCUT2D eigenvalue weighted by atomic mass is 16.1. The normalized spacial score (nSPS) is 31.6. The molecule has 1 fully saturated rings. The molecule has 1 heterocycles. The molecule has 0 radical (unpaired) electrons. The van der Waals surface area contributed by atoms with Crippen LogP contribution >= 0.6 is 0 Å². The molecule has 4 heteroatoms. The van der Waals surface area contributed by atoms with Gasteiger partial charge in [0, 0.05) is 22.7 Å². The summed E-state index contributed by atoms with van der Waals surface area (Å²) in [5, 5.41) is 3.31. The van der Waals surface area contributed by atoms with Gasteiger partial charge in [-0.05, 0) is 38.8 Å². The number of primary amides is 1. The van der Waals surface area contributed by atoms with Gasteiger partial charge in [0.25, 0.3) is 0 Å². The Bertz CT molecular complexity index is 512. The number of nitrogens with one attached hydrogen (secondary N) is 1. The molecule has 1 aliphatic heterocycles. The first-order chi connectivity index (χ1) is 8.24. The summed E-state index contributed by atoms with van der Waals surface area (Å²) in [7, 11) is 0. The highest BCUT2D eigenvalue weighted by molar-refractivity contribution is 6.05. The van der Waals surface area contributed by atoms with Crippen molar-refractivity contribution < 1.29 is 9.59 Å². The van der Waals surface area contributed by atoms with Crippen molar-refractivity contribution in [1.29, 1.82) is 0 Å². The molecule has 0 bridgehead atoms. The lowest BCUT2D eigenvalue weighted by Gasteiger charge is -2.26. The van der Waals surface area contributed by atoms with Crippen molar-refractivity contribution in [2.24, 2.45) is 11.1 Å². The number of hydrogen-bond donors (Lipinski definition) is 2. The summed E-state index contributed by atoms with van der Waals surface area (Å²) in [5.74, 6) is -0.463. The quantitative estimate of drug-likeness (QED) is 0.683. The smallest absolute Gasteiger partial charge is 0.243 e. The van der Waals surface area contributed by atoms with Gasteiger partial charge in [-0.15, -0.1) is 0 Å². The minimum atomic E-state index is -0.481. The fourth-order valence-electron chi connectivity index (χ4n) is 2.80. The topological polar surface area (TPSA) is 72.2 Å². The maximum atomic E-state index is 11.5. The molecule has 1 saturated heterocycles.